The van der Waals surface area contributed by atoms with Crippen molar-refractivity contribution in [2.75, 3.05) is 6.54 Å². The molecule has 0 spiro atoms. The fourth-order valence-electron chi connectivity index (χ4n) is 3.68. The van der Waals surface area contributed by atoms with E-state index in [9.17, 15) is 19.2 Å². The first-order chi connectivity index (χ1) is 17.9. The Labute approximate surface area is 214 Å². The van der Waals surface area contributed by atoms with E-state index >= 15 is 0 Å². The summed E-state index contributed by atoms with van der Waals surface area (Å²) in [6, 6.07) is 30.2. The van der Waals surface area contributed by atoms with E-state index in [2.05, 4.69) is 16.2 Å². The van der Waals surface area contributed by atoms with Crippen LogP contribution in [0.1, 0.15) is 42.2 Å². The molecule has 0 bridgehead atoms. The maximum Gasteiger partial charge on any atom is 0.270 e. The summed E-state index contributed by atoms with van der Waals surface area (Å²) in [7, 11) is 0. The minimum Gasteiger partial charge on any atom is -0.343 e. The van der Waals surface area contributed by atoms with Crippen molar-refractivity contribution in [2.45, 2.75) is 6.92 Å². The van der Waals surface area contributed by atoms with Crippen LogP contribution in [-0.4, -0.2) is 30.0 Å². The largest absolute Gasteiger partial charge is 0.343 e. The number of amides is 3. The van der Waals surface area contributed by atoms with E-state index in [1.807, 2.05) is 61.5 Å². The van der Waals surface area contributed by atoms with Crippen molar-refractivity contribution in [3.05, 3.63) is 131 Å². The second-order valence-corrected chi connectivity index (χ2v) is 8.37. The number of benzene rings is 4. The SMILES string of the molecule is Cc1ccc(C(=O)c2ccccc2C(=O)NNC(=O)CNC(=O)c2ccc(-c3ccccc3)cc2)cc1. The number of ketones is 1. The van der Waals surface area contributed by atoms with Gasteiger partial charge in [-0.05, 0) is 36.2 Å². The van der Waals surface area contributed by atoms with Crippen LogP contribution in [0.15, 0.2) is 103 Å². The van der Waals surface area contributed by atoms with E-state index in [-0.39, 0.29) is 23.5 Å². The molecule has 0 saturated carbocycles. The molecule has 0 aliphatic rings. The molecule has 0 aliphatic carbocycles. The quantitative estimate of drug-likeness (QED) is 0.268. The van der Waals surface area contributed by atoms with Crippen molar-refractivity contribution in [3.8, 4) is 11.1 Å². The second kappa shape index (κ2) is 11.6. The molecule has 3 N–H and O–H groups in total. The van der Waals surface area contributed by atoms with Gasteiger partial charge in [0.15, 0.2) is 5.78 Å². The Bertz CT molecular complexity index is 1430. The Morgan fingerprint density at radius 2 is 1.14 bits per heavy atom. The van der Waals surface area contributed by atoms with Gasteiger partial charge in [0.1, 0.15) is 0 Å². The van der Waals surface area contributed by atoms with E-state index in [0.29, 0.717) is 11.1 Å². The number of hydrazine groups is 1. The average molecular weight is 492 g/mol. The van der Waals surface area contributed by atoms with Gasteiger partial charge in [-0.15, -0.1) is 0 Å². The third kappa shape index (κ3) is 6.35. The highest BCUT2D eigenvalue weighted by Gasteiger charge is 2.18. The first-order valence-electron chi connectivity index (χ1n) is 11.7. The van der Waals surface area contributed by atoms with Crippen molar-refractivity contribution in [2.24, 2.45) is 0 Å². The first-order valence-corrected chi connectivity index (χ1v) is 11.7. The third-order valence-corrected chi connectivity index (χ3v) is 5.71. The molecule has 0 fully saturated rings. The Kier molecular flexibility index (Phi) is 7.85. The maximum absolute atomic E-state index is 12.9. The zero-order chi connectivity index (χ0) is 26.2. The topological polar surface area (TPSA) is 104 Å². The van der Waals surface area contributed by atoms with Gasteiger partial charge in [0, 0.05) is 16.7 Å². The second-order valence-electron chi connectivity index (χ2n) is 8.37. The fraction of sp³-hybridized carbons (Fsp3) is 0.0667. The smallest absolute Gasteiger partial charge is 0.270 e. The summed E-state index contributed by atoms with van der Waals surface area (Å²) in [4.78, 5) is 50.3. The van der Waals surface area contributed by atoms with Gasteiger partial charge in [-0.2, -0.15) is 0 Å². The van der Waals surface area contributed by atoms with Crippen LogP contribution in [0.5, 0.6) is 0 Å². The number of hydrogen-bond donors (Lipinski definition) is 3. The predicted molar refractivity (Wildman–Crippen MR) is 141 cm³/mol. The van der Waals surface area contributed by atoms with E-state index in [4.69, 9.17) is 0 Å². The van der Waals surface area contributed by atoms with Crippen molar-refractivity contribution in [3.63, 3.8) is 0 Å². The van der Waals surface area contributed by atoms with E-state index in [1.165, 1.54) is 6.07 Å². The van der Waals surface area contributed by atoms with Gasteiger partial charge in [0.2, 0.25) is 0 Å². The normalized spacial score (nSPS) is 10.3. The lowest BCUT2D eigenvalue weighted by Crippen LogP contribution is -2.46. The van der Waals surface area contributed by atoms with E-state index < -0.39 is 17.7 Å². The van der Waals surface area contributed by atoms with E-state index in [1.54, 1.807) is 42.5 Å². The minimum absolute atomic E-state index is 0.121. The number of aryl methyl sites for hydroxylation is 1. The Hall–Kier alpha value is -5.04. The molecule has 0 atom stereocenters. The number of rotatable bonds is 7. The van der Waals surface area contributed by atoms with Gasteiger partial charge in [-0.1, -0.05) is 90.5 Å². The highest BCUT2D eigenvalue weighted by molar-refractivity contribution is 6.15. The lowest BCUT2D eigenvalue weighted by molar-refractivity contribution is -0.120. The van der Waals surface area contributed by atoms with Crippen LogP contribution in [-0.2, 0) is 4.79 Å². The highest BCUT2D eigenvalue weighted by Crippen LogP contribution is 2.19. The third-order valence-electron chi connectivity index (χ3n) is 5.71. The molecule has 7 heteroatoms. The average Bonchev–Trinajstić information content (AvgIpc) is 2.95. The maximum atomic E-state index is 12.9. The number of hydrogen-bond acceptors (Lipinski definition) is 4. The van der Waals surface area contributed by atoms with Crippen LogP contribution in [0.3, 0.4) is 0 Å². The zero-order valence-corrected chi connectivity index (χ0v) is 20.2. The summed E-state index contributed by atoms with van der Waals surface area (Å²) in [5.74, 6) is -1.99. The van der Waals surface area contributed by atoms with Crippen LogP contribution < -0.4 is 16.2 Å². The van der Waals surface area contributed by atoms with Crippen molar-refractivity contribution >= 4 is 23.5 Å². The molecule has 4 rings (SSSR count). The molecular formula is C30H25N3O4. The molecule has 0 aliphatic heterocycles. The van der Waals surface area contributed by atoms with Gasteiger partial charge >= 0.3 is 0 Å². The molecule has 0 heterocycles. The lowest BCUT2D eigenvalue weighted by Gasteiger charge is -2.11. The molecule has 4 aromatic rings. The summed E-state index contributed by atoms with van der Waals surface area (Å²) < 4.78 is 0. The number of carbonyl (C=O) groups is 4. The molecule has 4 aromatic carbocycles. The highest BCUT2D eigenvalue weighted by atomic mass is 16.2. The molecule has 0 radical (unpaired) electrons. The molecule has 0 aromatic heterocycles. The minimum atomic E-state index is -0.646. The van der Waals surface area contributed by atoms with Crippen molar-refractivity contribution in [1.82, 2.24) is 16.2 Å². The first kappa shape index (κ1) is 25.1. The Morgan fingerprint density at radius 3 is 1.81 bits per heavy atom. The number of nitrogens with one attached hydrogen (secondary N) is 3. The molecule has 7 nitrogen and oxygen atoms in total. The zero-order valence-electron chi connectivity index (χ0n) is 20.2. The fourth-order valence-corrected chi connectivity index (χ4v) is 3.68. The van der Waals surface area contributed by atoms with Crippen LogP contribution in [0.25, 0.3) is 11.1 Å². The van der Waals surface area contributed by atoms with Crippen LogP contribution in [0, 0.1) is 6.92 Å². The van der Waals surface area contributed by atoms with Gasteiger partial charge < -0.3 is 5.32 Å². The predicted octanol–water partition coefficient (Wildman–Crippen LogP) is 4.08. The molecule has 37 heavy (non-hydrogen) atoms. The van der Waals surface area contributed by atoms with Crippen LogP contribution >= 0.6 is 0 Å². The monoisotopic (exact) mass is 491 g/mol. The summed E-state index contributed by atoms with van der Waals surface area (Å²) >= 11 is 0. The number of carbonyl (C=O) groups excluding carboxylic acids is 4. The van der Waals surface area contributed by atoms with Gasteiger partial charge in [0.05, 0.1) is 12.1 Å². The van der Waals surface area contributed by atoms with Crippen molar-refractivity contribution in [1.29, 1.82) is 0 Å². The summed E-state index contributed by atoms with van der Waals surface area (Å²) in [5.41, 5.74) is 8.78. The van der Waals surface area contributed by atoms with E-state index in [0.717, 1.165) is 16.7 Å². The molecule has 0 unspecified atom stereocenters. The van der Waals surface area contributed by atoms with Crippen molar-refractivity contribution < 1.29 is 19.2 Å². The van der Waals surface area contributed by atoms with Gasteiger partial charge in [0.25, 0.3) is 17.7 Å². The van der Waals surface area contributed by atoms with Gasteiger partial charge in [-0.25, -0.2) is 0 Å². The molecule has 184 valence electrons. The standard InChI is InChI=1S/C30H25N3O4/c1-20-11-13-23(14-12-20)28(35)25-9-5-6-10-26(25)30(37)33-32-27(34)19-31-29(36)24-17-15-22(16-18-24)21-7-3-2-4-8-21/h2-18H,19H2,1H3,(H,31,36)(H,32,34)(H,33,37). The lowest BCUT2D eigenvalue weighted by atomic mass is 9.97. The Morgan fingerprint density at radius 1 is 0.568 bits per heavy atom. The summed E-state index contributed by atoms with van der Waals surface area (Å²) in [6.07, 6.45) is 0. The molecule has 0 saturated heterocycles. The summed E-state index contributed by atoms with van der Waals surface area (Å²) in [6.45, 7) is 1.58. The summed E-state index contributed by atoms with van der Waals surface area (Å²) in [5, 5.41) is 2.52. The molecular weight excluding hydrogens is 466 g/mol. The molecule has 3 amide bonds. The van der Waals surface area contributed by atoms with Crippen LogP contribution in [0.2, 0.25) is 0 Å². The Balaban J connectivity index is 1.31. The van der Waals surface area contributed by atoms with Crippen LogP contribution in [0.4, 0.5) is 0 Å². The van der Waals surface area contributed by atoms with Gasteiger partial charge in [-0.3, -0.25) is 30.0 Å².